The molecule has 0 bridgehead atoms. The number of halogens is 1. The molecule has 0 aromatic carbocycles. The largest absolute Gasteiger partial charge is 0.396 e. The van der Waals surface area contributed by atoms with Gasteiger partial charge >= 0.3 is 0 Å². The van der Waals surface area contributed by atoms with Gasteiger partial charge in [-0.05, 0) is 6.42 Å². The number of nitrogens with one attached hydrogen (secondary N) is 1. The molecule has 1 heterocycles. The minimum Gasteiger partial charge on any atom is -0.396 e. The molecule has 1 rings (SSSR count). The Balaban J connectivity index is 2.77. The van der Waals surface area contributed by atoms with E-state index in [1.807, 2.05) is 6.92 Å². The Morgan fingerprint density at radius 3 is 2.82 bits per heavy atom. The molecule has 0 saturated carbocycles. The summed E-state index contributed by atoms with van der Waals surface area (Å²) in [7, 11) is 0. The van der Waals surface area contributed by atoms with Crippen LogP contribution in [-0.2, 0) is 12.8 Å². The zero-order valence-electron chi connectivity index (χ0n) is 6.39. The van der Waals surface area contributed by atoms with E-state index in [1.54, 1.807) is 0 Å². The van der Waals surface area contributed by atoms with Crippen LogP contribution >= 0.6 is 11.6 Å². The minimum absolute atomic E-state index is 0.104. The van der Waals surface area contributed by atoms with Crippen molar-refractivity contribution in [3.63, 3.8) is 0 Å². The van der Waals surface area contributed by atoms with Gasteiger partial charge in [0.05, 0.1) is 12.3 Å². The van der Waals surface area contributed by atoms with Crippen molar-refractivity contribution in [1.82, 2.24) is 9.97 Å². The van der Waals surface area contributed by atoms with Crippen molar-refractivity contribution in [3.8, 4) is 0 Å². The maximum absolute atomic E-state index is 8.59. The van der Waals surface area contributed by atoms with Crippen molar-refractivity contribution in [3.05, 3.63) is 16.7 Å². The first-order valence-electron chi connectivity index (χ1n) is 3.62. The number of H-pyrrole nitrogens is 1. The molecule has 0 radical (unpaired) electrons. The van der Waals surface area contributed by atoms with Gasteiger partial charge in [0.2, 0.25) is 0 Å². The zero-order valence-corrected chi connectivity index (χ0v) is 7.15. The Hall–Kier alpha value is -0.540. The van der Waals surface area contributed by atoms with E-state index in [1.165, 1.54) is 0 Å². The van der Waals surface area contributed by atoms with Gasteiger partial charge in [0.15, 0.2) is 0 Å². The predicted molar refractivity (Wildman–Crippen MR) is 43.8 cm³/mol. The Bertz CT molecular complexity index is 234. The van der Waals surface area contributed by atoms with Crippen LogP contribution < -0.4 is 0 Å². The molecule has 4 heteroatoms. The van der Waals surface area contributed by atoms with Crippen LogP contribution in [0.1, 0.15) is 18.4 Å². The maximum atomic E-state index is 8.59. The molecule has 0 aliphatic rings. The molecule has 1 aromatic heterocycles. The number of aryl methyl sites for hydroxylation is 1. The molecule has 2 N–H and O–H groups in total. The molecule has 11 heavy (non-hydrogen) atoms. The molecule has 1 aromatic rings. The van der Waals surface area contributed by atoms with Gasteiger partial charge in [-0.3, -0.25) is 0 Å². The number of aliphatic hydroxyl groups is 1. The molecule has 0 fully saturated rings. The molecule has 0 spiro atoms. The Morgan fingerprint density at radius 2 is 2.36 bits per heavy atom. The van der Waals surface area contributed by atoms with Gasteiger partial charge in [0, 0.05) is 6.42 Å². The lowest BCUT2D eigenvalue weighted by Crippen LogP contribution is -1.92. The van der Waals surface area contributed by atoms with Crippen molar-refractivity contribution < 1.29 is 5.11 Å². The van der Waals surface area contributed by atoms with Crippen LogP contribution in [0.15, 0.2) is 0 Å². The maximum Gasteiger partial charge on any atom is 0.150 e. The molecule has 0 aliphatic carbocycles. The molecule has 62 valence electrons. The van der Waals surface area contributed by atoms with Gasteiger partial charge in [0.25, 0.3) is 0 Å². The summed E-state index contributed by atoms with van der Waals surface area (Å²) in [6, 6.07) is 0. The van der Waals surface area contributed by atoms with Gasteiger partial charge in [-0.15, -0.1) is 0 Å². The van der Waals surface area contributed by atoms with E-state index in [4.69, 9.17) is 16.7 Å². The van der Waals surface area contributed by atoms with E-state index in [9.17, 15) is 0 Å². The van der Waals surface area contributed by atoms with Gasteiger partial charge in [-0.1, -0.05) is 18.5 Å². The summed E-state index contributed by atoms with van der Waals surface area (Å²) in [5, 5.41) is 9.11. The van der Waals surface area contributed by atoms with E-state index in [0.717, 1.165) is 17.9 Å². The summed E-state index contributed by atoms with van der Waals surface area (Å²) >= 11 is 5.76. The van der Waals surface area contributed by atoms with Crippen LogP contribution in [0, 0.1) is 0 Å². The van der Waals surface area contributed by atoms with E-state index in [0.29, 0.717) is 11.6 Å². The molecular formula is C7H11ClN2O. The van der Waals surface area contributed by atoms with Crippen molar-refractivity contribution in [2.24, 2.45) is 0 Å². The van der Waals surface area contributed by atoms with Crippen molar-refractivity contribution >= 4 is 11.6 Å². The lowest BCUT2D eigenvalue weighted by molar-refractivity contribution is 0.297. The third kappa shape index (κ3) is 1.94. The van der Waals surface area contributed by atoms with Crippen molar-refractivity contribution in [2.75, 3.05) is 6.61 Å². The smallest absolute Gasteiger partial charge is 0.150 e. The van der Waals surface area contributed by atoms with Crippen molar-refractivity contribution in [1.29, 1.82) is 0 Å². The summed E-state index contributed by atoms with van der Waals surface area (Å²) in [6.07, 6.45) is 1.39. The summed E-state index contributed by atoms with van der Waals surface area (Å²) < 4.78 is 0. The number of hydrogen-bond donors (Lipinski definition) is 2. The minimum atomic E-state index is 0.104. The highest BCUT2D eigenvalue weighted by Crippen LogP contribution is 2.12. The molecule has 0 atom stereocenters. The number of hydrogen-bond acceptors (Lipinski definition) is 2. The molecule has 3 nitrogen and oxygen atoms in total. The number of rotatable bonds is 3. The fourth-order valence-electron chi connectivity index (χ4n) is 0.898. The van der Waals surface area contributed by atoms with Crippen LogP contribution in [0.5, 0.6) is 0 Å². The molecule has 0 aliphatic heterocycles. The van der Waals surface area contributed by atoms with Crippen LogP contribution in [-0.4, -0.2) is 21.7 Å². The summed E-state index contributed by atoms with van der Waals surface area (Å²) in [5.41, 5.74) is 0.940. The van der Waals surface area contributed by atoms with E-state index >= 15 is 0 Å². The first-order valence-corrected chi connectivity index (χ1v) is 3.99. The topological polar surface area (TPSA) is 48.9 Å². The highest BCUT2D eigenvalue weighted by molar-refractivity contribution is 6.30. The Morgan fingerprint density at radius 1 is 1.64 bits per heavy atom. The summed E-state index contributed by atoms with van der Waals surface area (Å²) in [6.45, 7) is 2.11. The van der Waals surface area contributed by atoms with E-state index in [2.05, 4.69) is 9.97 Å². The molecule has 0 unspecified atom stereocenters. The monoisotopic (exact) mass is 174 g/mol. The predicted octanol–water partition coefficient (Wildman–Crippen LogP) is 1.16. The standard InChI is InChI=1S/C7H11ClN2O/c1-2-5-7(8)10-6(9-5)3-4-11/h11H,2-4H2,1H3,(H,9,10). The van der Waals surface area contributed by atoms with Gasteiger partial charge in [0.1, 0.15) is 11.0 Å². The fraction of sp³-hybridized carbons (Fsp3) is 0.571. The summed E-state index contributed by atoms with van der Waals surface area (Å²) in [4.78, 5) is 7.05. The Kier molecular flexibility index (Phi) is 2.91. The van der Waals surface area contributed by atoms with Crippen molar-refractivity contribution in [2.45, 2.75) is 19.8 Å². The Labute approximate surface area is 70.4 Å². The van der Waals surface area contributed by atoms with Crippen LogP contribution in [0.3, 0.4) is 0 Å². The molecule has 0 amide bonds. The second-order valence-electron chi connectivity index (χ2n) is 2.28. The van der Waals surface area contributed by atoms with Crippen LogP contribution in [0.4, 0.5) is 0 Å². The average molecular weight is 175 g/mol. The number of aliphatic hydroxyl groups excluding tert-OH is 1. The number of aromatic nitrogens is 2. The number of imidazole rings is 1. The first kappa shape index (κ1) is 8.56. The highest BCUT2D eigenvalue weighted by Gasteiger charge is 2.04. The van der Waals surface area contributed by atoms with E-state index in [-0.39, 0.29) is 6.61 Å². The zero-order chi connectivity index (χ0) is 8.27. The third-order valence-corrected chi connectivity index (χ3v) is 1.79. The van der Waals surface area contributed by atoms with Gasteiger partial charge < -0.3 is 10.1 Å². The normalized spacial score (nSPS) is 10.5. The SMILES string of the molecule is CCc1[nH]c(CCO)nc1Cl. The third-order valence-electron chi connectivity index (χ3n) is 1.48. The number of nitrogens with zero attached hydrogens (tertiary/aromatic N) is 1. The van der Waals surface area contributed by atoms with Crippen LogP contribution in [0.2, 0.25) is 5.15 Å². The molecular weight excluding hydrogens is 164 g/mol. The van der Waals surface area contributed by atoms with Gasteiger partial charge in [-0.25, -0.2) is 4.98 Å². The molecule has 0 saturated heterocycles. The van der Waals surface area contributed by atoms with E-state index < -0.39 is 0 Å². The second-order valence-corrected chi connectivity index (χ2v) is 2.64. The van der Waals surface area contributed by atoms with Crippen LogP contribution in [0.25, 0.3) is 0 Å². The lowest BCUT2D eigenvalue weighted by Gasteiger charge is -1.88. The highest BCUT2D eigenvalue weighted by atomic mass is 35.5. The fourth-order valence-corrected chi connectivity index (χ4v) is 1.18. The summed E-state index contributed by atoms with van der Waals surface area (Å²) in [5.74, 6) is 0.759. The first-order chi connectivity index (χ1) is 5.27. The quantitative estimate of drug-likeness (QED) is 0.723. The second kappa shape index (κ2) is 3.74. The number of aromatic amines is 1. The lowest BCUT2D eigenvalue weighted by atomic mass is 10.4. The van der Waals surface area contributed by atoms with Gasteiger partial charge in [-0.2, -0.15) is 0 Å². The average Bonchev–Trinajstić information content (AvgIpc) is 2.32.